The van der Waals surface area contributed by atoms with Crippen LogP contribution < -0.4 is 15.6 Å². The third kappa shape index (κ3) is 4.47. The van der Waals surface area contributed by atoms with Crippen molar-refractivity contribution < 1.29 is 19.3 Å². The number of amides is 4. The van der Waals surface area contributed by atoms with Crippen molar-refractivity contribution in [1.29, 1.82) is 0 Å². The Labute approximate surface area is 160 Å². The number of aryl methyl sites for hydroxylation is 1. The standard InChI is InChI=1S/C20H28N4O3/c1-15-8-6-7-13-23(15)14-17(25)22-24-18(26)20(2,21-19(24)27)12-11-16-9-4-3-5-10-16/h3-5,9-10,15H,6-8,11-14H2,1-2H3,(H,21,27)(H,22,25)/p+1/t15-,20+/m0/s1. The van der Waals surface area contributed by atoms with Crippen molar-refractivity contribution in [2.24, 2.45) is 0 Å². The molecule has 2 heterocycles. The van der Waals surface area contributed by atoms with E-state index in [-0.39, 0.29) is 12.5 Å². The minimum Gasteiger partial charge on any atom is -0.325 e. The SMILES string of the molecule is C[C@H]1CCCC[NH+]1CC(=O)NN1C(=O)N[C@](C)(CCc2ccccc2)C1=O. The molecule has 7 heteroatoms. The summed E-state index contributed by atoms with van der Waals surface area (Å²) in [5.74, 6) is -0.701. The first-order chi connectivity index (χ1) is 12.9. The fourth-order valence-corrected chi connectivity index (χ4v) is 3.88. The predicted octanol–water partition coefficient (Wildman–Crippen LogP) is 0.418. The lowest BCUT2D eigenvalue weighted by Crippen LogP contribution is -3.17. The minimum absolute atomic E-state index is 0.277. The fraction of sp³-hybridized carbons (Fsp3) is 0.550. The number of benzene rings is 1. The zero-order chi connectivity index (χ0) is 19.4. The van der Waals surface area contributed by atoms with Crippen molar-refractivity contribution in [3.8, 4) is 0 Å². The van der Waals surface area contributed by atoms with Crippen LogP contribution in [0, 0.1) is 0 Å². The van der Waals surface area contributed by atoms with Crippen LogP contribution in [0.2, 0.25) is 0 Å². The molecule has 0 bridgehead atoms. The number of nitrogens with one attached hydrogen (secondary N) is 3. The second kappa shape index (κ2) is 8.08. The van der Waals surface area contributed by atoms with Crippen molar-refractivity contribution in [3.63, 3.8) is 0 Å². The van der Waals surface area contributed by atoms with Crippen LogP contribution in [0.5, 0.6) is 0 Å². The molecule has 1 unspecified atom stereocenters. The van der Waals surface area contributed by atoms with E-state index in [1.54, 1.807) is 6.92 Å². The highest BCUT2D eigenvalue weighted by Crippen LogP contribution is 2.22. The average molecular weight is 373 g/mol. The molecule has 146 valence electrons. The first kappa shape index (κ1) is 19.4. The molecule has 3 rings (SSSR count). The number of imide groups is 1. The van der Waals surface area contributed by atoms with Crippen LogP contribution in [0.3, 0.4) is 0 Å². The summed E-state index contributed by atoms with van der Waals surface area (Å²) in [5, 5.41) is 3.58. The van der Waals surface area contributed by atoms with Gasteiger partial charge in [0, 0.05) is 0 Å². The van der Waals surface area contributed by atoms with Crippen molar-refractivity contribution >= 4 is 17.8 Å². The highest BCUT2D eigenvalue weighted by Gasteiger charge is 2.48. The number of likely N-dealkylation sites (tertiary alicyclic amines) is 1. The smallest absolute Gasteiger partial charge is 0.325 e. The lowest BCUT2D eigenvalue weighted by Gasteiger charge is -2.30. The summed E-state index contributed by atoms with van der Waals surface area (Å²) in [5.41, 5.74) is 2.61. The van der Waals surface area contributed by atoms with E-state index < -0.39 is 17.5 Å². The maximum Gasteiger partial charge on any atom is 0.344 e. The van der Waals surface area contributed by atoms with Gasteiger partial charge in [0.2, 0.25) is 0 Å². The van der Waals surface area contributed by atoms with Crippen LogP contribution in [0.15, 0.2) is 30.3 Å². The Morgan fingerprint density at radius 1 is 1.30 bits per heavy atom. The van der Waals surface area contributed by atoms with Crippen LogP contribution in [0.4, 0.5) is 4.79 Å². The number of hydrogen-bond donors (Lipinski definition) is 3. The Bertz CT molecular complexity index is 708. The van der Waals surface area contributed by atoms with Gasteiger partial charge in [0.05, 0.1) is 12.6 Å². The number of rotatable bonds is 6. The quantitative estimate of drug-likeness (QED) is 0.632. The van der Waals surface area contributed by atoms with E-state index in [1.165, 1.54) is 11.3 Å². The number of carbonyl (C=O) groups excluding carboxylic acids is 3. The van der Waals surface area contributed by atoms with E-state index in [4.69, 9.17) is 0 Å². The Balaban J connectivity index is 1.57. The molecule has 1 aromatic rings. The molecule has 1 aromatic carbocycles. The lowest BCUT2D eigenvalue weighted by molar-refractivity contribution is -0.921. The van der Waals surface area contributed by atoms with E-state index in [0.717, 1.165) is 30.0 Å². The van der Waals surface area contributed by atoms with Crippen LogP contribution in [-0.4, -0.2) is 47.5 Å². The molecule has 0 spiro atoms. The normalized spacial score (nSPS) is 28.1. The molecule has 3 atom stereocenters. The molecule has 0 radical (unpaired) electrons. The van der Waals surface area contributed by atoms with E-state index in [9.17, 15) is 14.4 Å². The van der Waals surface area contributed by atoms with Gasteiger partial charge in [-0.1, -0.05) is 30.3 Å². The molecule has 0 aromatic heterocycles. The third-order valence-corrected chi connectivity index (χ3v) is 5.72. The fourth-order valence-electron chi connectivity index (χ4n) is 3.88. The average Bonchev–Trinajstić information content (AvgIpc) is 2.86. The molecule has 27 heavy (non-hydrogen) atoms. The molecule has 3 N–H and O–H groups in total. The first-order valence-electron chi connectivity index (χ1n) is 9.74. The van der Waals surface area contributed by atoms with Crippen LogP contribution in [0.25, 0.3) is 0 Å². The molecule has 2 saturated heterocycles. The summed E-state index contributed by atoms with van der Waals surface area (Å²) in [4.78, 5) is 38.6. The molecule has 0 saturated carbocycles. The van der Waals surface area contributed by atoms with Crippen LogP contribution in [0.1, 0.15) is 45.1 Å². The molecule has 0 aliphatic carbocycles. The summed E-state index contributed by atoms with van der Waals surface area (Å²) >= 11 is 0. The molecule has 7 nitrogen and oxygen atoms in total. The number of carbonyl (C=O) groups is 3. The largest absolute Gasteiger partial charge is 0.344 e. The zero-order valence-corrected chi connectivity index (χ0v) is 16.1. The Hall–Kier alpha value is -2.41. The van der Waals surface area contributed by atoms with Gasteiger partial charge in [0.25, 0.3) is 11.8 Å². The van der Waals surface area contributed by atoms with Crippen molar-refractivity contribution in [2.75, 3.05) is 13.1 Å². The van der Waals surface area contributed by atoms with Crippen LogP contribution >= 0.6 is 0 Å². The molecule has 2 aliphatic rings. The monoisotopic (exact) mass is 373 g/mol. The van der Waals surface area contributed by atoms with Crippen LogP contribution in [-0.2, 0) is 16.0 Å². The number of hydrogen-bond acceptors (Lipinski definition) is 3. The van der Waals surface area contributed by atoms with E-state index in [1.807, 2.05) is 30.3 Å². The zero-order valence-electron chi connectivity index (χ0n) is 16.1. The van der Waals surface area contributed by atoms with Gasteiger partial charge in [-0.3, -0.25) is 15.0 Å². The second-order valence-corrected chi connectivity index (χ2v) is 7.91. The molecular formula is C20H29N4O3+. The summed E-state index contributed by atoms with van der Waals surface area (Å²) in [6, 6.07) is 9.68. The van der Waals surface area contributed by atoms with Gasteiger partial charge in [0.15, 0.2) is 6.54 Å². The number of piperidine rings is 1. The minimum atomic E-state index is -1.01. The van der Waals surface area contributed by atoms with E-state index in [0.29, 0.717) is 18.9 Å². The van der Waals surface area contributed by atoms with Gasteiger partial charge in [-0.15, -0.1) is 0 Å². The van der Waals surface area contributed by atoms with Crippen molar-refractivity contribution in [2.45, 2.75) is 57.5 Å². The lowest BCUT2D eigenvalue weighted by atomic mass is 9.93. The van der Waals surface area contributed by atoms with Gasteiger partial charge < -0.3 is 10.2 Å². The third-order valence-electron chi connectivity index (χ3n) is 5.72. The summed E-state index contributed by atoms with van der Waals surface area (Å²) in [6.07, 6.45) is 4.54. The van der Waals surface area contributed by atoms with Crippen molar-refractivity contribution in [3.05, 3.63) is 35.9 Å². The summed E-state index contributed by atoms with van der Waals surface area (Å²) < 4.78 is 0. The Morgan fingerprint density at radius 3 is 2.74 bits per heavy atom. The molecule has 2 aliphatic heterocycles. The number of urea groups is 1. The molecular weight excluding hydrogens is 344 g/mol. The summed E-state index contributed by atoms with van der Waals surface area (Å²) in [6.45, 7) is 5.07. The number of hydrazine groups is 1. The molecule has 4 amide bonds. The molecule has 2 fully saturated rings. The highest BCUT2D eigenvalue weighted by molar-refractivity contribution is 6.07. The highest BCUT2D eigenvalue weighted by atomic mass is 16.2. The number of quaternary nitrogens is 1. The second-order valence-electron chi connectivity index (χ2n) is 7.91. The van der Waals surface area contributed by atoms with Gasteiger partial charge in [-0.2, -0.15) is 5.01 Å². The van der Waals surface area contributed by atoms with E-state index in [2.05, 4.69) is 17.7 Å². The topological polar surface area (TPSA) is 82.9 Å². The number of nitrogens with zero attached hydrogens (tertiary/aromatic N) is 1. The van der Waals surface area contributed by atoms with Gasteiger partial charge in [-0.05, 0) is 51.5 Å². The van der Waals surface area contributed by atoms with Gasteiger partial charge >= 0.3 is 6.03 Å². The van der Waals surface area contributed by atoms with Crippen molar-refractivity contribution in [1.82, 2.24) is 15.8 Å². The van der Waals surface area contributed by atoms with E-state index >= 15 is 0 Å². The maximum atomic E-state index is 12.8. The predicted molar refractivity (Wildman–Crippen MR) is 101 cm³/mol. The first-order valence-corrected chi connectivity index (χ1v) is 9.74. The summed E-state index contributed by atoms with van der Waals surface area (Å²) in [7, 11) is 0. The maximum absolute atomic E-state index is 12.8. The Kier molecular flexibility index (Phi) is 5.79. The van der Waals surface area contributed by atoms with Gasteiger partial charge in [-0.25, -0.2) is 4.79 Å². The van der Waals surface area contributed by atoms with Gasteiger partial charge in [0.1, 0.15) is 5.54 Å². The Morgan fingerprint density at radius 2 is 2.04 bits per heavy atom.